The lowest BCUT2D eigenvalue weighted by atomic mass is 9.94. The maximum atomic E-state index is 13.9. The molecule has 0 bridgehead atoms. The van der Waals surface area contributed by atoms with Crippen molar-refractivity contribution >= 4 is 57.3 Å². The van der Waals surface area contributed by atoms with E-state index in [-0.39, 0.29) is 49.0 Å². The summed E-state index contributed by atoms with van der Waals surface area (Å²) in [6.07, 6.45) is 6.19. The van der Waals surface area contributed by atoms with Crippen molar-refractivity contribution in [2.45, 2.75) is 42.5 Å². The number of nitrogens with zero attached hydrogens (tertiary/aromatic N) is 4. The Hall–Kier alpha value is -3.68. The first-order chi connectivity index (χ1) is 21.9. The van der Waals surface area contributed by atoms with Gasteiger partial charge in [-0.1, -0.05) is 24.5 Å². The minimum absolute atomic E-state index is 0.00233. The van der Waals surface area contributed by atoms with Crippen LogP contribution in [0.25, 0.3) is 10.8 Å². The van der Waals surface area contributed by atoms with Crippen LogP contribution < -0.4 is 20.7 Å². The van der Waals surface area contributed by atoms with Gasteiger partial charge in [-0.2, -0.15) is 0 Å². The van der Waals surface area contributed by atoms with Gasteiger partial charge in [0.2, 0.25) is 15.9 Å². The fourth-order valence-electron chi connectivity index (χ4n) is 6.25. The van der Waals surface area contributed by atoms with E-state index in [1.54, 1.807) is 17.0 Å². The fraction of sp³-hybridized carbons (Fsp3) is 0.419. The van der Waals surface area contributed by atoms with E-state index in [4.69, 9.17) is 5.73 Å². The highest BCUT2D eigenvalue weighted by molar-refractivity contribution is 7.89. The number of nitroso groups, excluding NO2 is 2. The molecule has 2 aliphatic heterocycles. The van der Waals surface area contributed by atoms with Crippen LogP contribution in [0.3, 0.4) is 0 Å². The molecule has 46 heavy (non-hydrogen) atoms. The highest BCUT2D eigenvalue weighted by Gasteiger charge is 2.39. The molecule has 0 fully saturated rings. The third-order valence-electron chi connectivity index (χ3n) is 8.64. The first-order valence-corrected chi connectivity index (χ1v) is 18.7. The molecule has 5 N–H and O–H groups in total. The minimum atomic E-state index is -3.96. The molecule has 0 radical (unpaired) electrons. The number of nitrogens with two attached hydrogens (primary N) is 1. The minimum Gasteiger partial charge on any atom is -0.398 e. The Balaban J connectivity index is 1.34. The Morgan fingerprint density at radius 2 is 1.91 bits per heavy atom. The first kappa shape index (κ1) is 33.7. The number of hydrogen-bond donors (Lipinski definition) is 4. The molecule has 2 heterocycles. The second-order valence-corrected chi connectivity index (χ2v) is 16.5. The summed E-state index contributed by atoms with van der Waals surface area (Å²) in [6.45, 7) is 1.04. The molecule has 0 saturated carbocycles. The van der Waals surface area contributed by atoms with Gasteiger partial charge in [0.05, 0.1) is 17.2 Å². The number of aryl methyl sites for hydroxylation is 1. The largest absolute Gasteiger partial charge is 0.398 e. The summed E-state index contributed by atoms with van der Waals surface area (Å²) in [5, 5.41) is 14.9. The summed E-state index contributed by atoms with van der Waals surface area (Å²) in [4.78, 5) is 44.8. The average Bonchev–Trinajstić information content (AvgIpc) is 3.64. The molecule has 0 aromatic heterocycles. The van der Waals surface area contributed by atoms with Crippen molar-refractivity contribution in [2.24, 2.45) is 9.89 Å². The normalized spacial score (nSPS) is 17.6. The zero-order chi connectivity index (χ0) is 33.2. The van der Waals surface area contributed by atoms with Crippen LogP contribution in [0.5, 0.6) is 0 Å². The maximum absolute atomic E-state index is 13.9. The number of hydrogen-bond acceptors (Lipinski definition) is 11. The van der Waals surface area contributed by atoms with Crippen molar-refractivity contribution in [1.29, 1.82) is 0 Å². The first-order valence-electron chi connectivity index (χ1n) is 15.1. The van der Waals surface area contributed by atoms with Gasteiger partial charge in [-0.05, 0) is 96.1 Å². The highest BCUT2D eigenvalue weighted by Crippen LogP contribution is 2.48. The van der Waals surface area contributed by atoms with Gasteiger partial charge in [-0.25, -0.2) is 13.1 Å². The third kappa shape index (κ3) is 6.86. The predicted molar refractivity (Wildman–Crippen MR) is 185 cm³/mol. The quantitative estimate of drug-likeness (QED) is 0.0856. The number of rotatable bonds is 14. The number of aliphatic hydroxyl groups is 1. The molecule has 15 heteroatoms. The maximum Gasteiger partial charge on any atom is 0.249 e. The second-order valence-electron chi connectivity index (χ2n) is 12.3. The van der Waals surface area contributed by atoms with Gasteiger partial charge in [-0.3, -0.25) is 4.79 Å². The molecule has 5 rings (SSSR count). The molecule has 2 unspecified atom stereocenters. The van der Waals surface area contributed by atoms with Gasteiger partial charge in [0.25, 0.3) is 0 Å². The summed E-state index contributed by atoms with van der Waals surface area (Å²) >= 11 is 0. The monoisotopic (exact) mass is 669 g/mol. The van der Waals surface area contributed by atoms with E-state index in [2.05, 4.69) is 57.4 Å². The molecule has 3 aromatic carbocycles. The van der Waals surface area contributed by atoms with Crippen LogP contribution in [0, 0.1) is 9.81 Å². The Morgan fingerprint density at radius 1 is 1.15 bits per heavy atom. The third-order valence-corrected chi connectivity index (χ3v) is 11.7. The molecule has 0 saturated heterocycles. The standard InChI is InChI=1S/C31H40N7O6PS/c1-37(2)12-4-6-20-7-10-27-21(14-20)15-28(34-27)31(40)38-18-22(19-39)30-24-9-8-23(16-25(24)26(32)17-29(30)38)46(43,44)33-11-5-13-45(3,35-41)36-42/h7-10,14,16-17,22,28,33-34,39H,3-6,11-13,15,18-19,32H2,1-2H3. The number of sulfonamides is 1. The van der Waals surface area contributed by atoms with E-state index in [1.807, 2.05) is 6.07 Å². The number of fused-ring (bicyclic) bond motifs is 4. The van der Waals surface area contributed by atoms with E-state index in [9.17, 15) is 28.1 Å². The average molecular weight is 670 g/mol. The van der Waals surface area contributed by atoms with Crippen molar-refractivity contribution < 1.29 is 18.3 Å². The van der Waals surface area contributed by atoms with Crippen LogP contribution in [-0.2, 0) is 27.7 Å². The van der Waals surface area contributed by atoms with Crippen molar-refractivity contribution in [1.82, 2.24) is 9.62 Å². The number of carbonyl (C=O) groups is 1. The van der Waals surface area contributed by atoms with Crippen LogP contribution in [0.15, 0.2) is 57.3 Å². The van der Waals surface area contributed by atoms with Gasteiger partial charge in [0, 0.05) is 48.4 Å². The fourth-order valence-corrected chi connectivity index (χ4v) is 8.21. The summed E-state index contributed by atoms with van der Waals surface area (Å²) in [5.41, 5.74) is 11.4. The second kappa shape index (κ2) is 13.6. The Kier molecular flexibility index (Phi) is 9.95. The Labute approximate surface area is 268 Å². The molecule has 0 aliphatic carbocycles. The smallest absolute Gasteiger partial charge is 0.249 e. The van der Waals surface area contributed by atoms with Gasteiger partial charge < -0.3 is 26.0 Å². The zero-order valence-electron chi connectivity index (χ0n) is 26.0. The van der Waals surface area contributed by atoms with Gasteiger partial charge in [-0.15, -0.1) is 9.81 Å². The van der Waals surface area contributed by atoms with E-state index in [0.717, 1.165) is 36.2 Å². The number of nitrogen functional groups attached to an aromatic ring is 1. The lowest BCUT2D eigenvalue weighted by molar-refractivity contribution is -0.119. The zero-order valence-corrected chi connectivity index (χ0v) is 27.7. The van der Waals surface area contributed by atoms with Crippen LogP contribution in [0.2, 0.25) is 0 Å². The summed E-state index contributed by atoms with van der Waals surface area (Å²) < 4.78 is 28.6. The number of aliphatic hydroxyl groups excluding tert-OH is 1. The molecule has 2 atom stereocenters. The Bertz CT molecular complexity index is 1820. The highest BCUT2D eigenvalue weighted by atomic mass is 32.2. The molecule has 0 spiro atoms. The number of nitrogens with one attached hydrogen (secondary N) is 2. The SMILES string of the molecule is C=P(CCCNS(=O)(=O)c1ccc2c3c(cc(N)c2c1)N(C(=O)C1Cc2cc(CCCN(C)C)ccc2N1)CC3CO)(N=O)N=O. The molecular formula is C31H40N7O6PS. The van der Waals surface area contributed by atoms with E-state index >= 15 is 0 Å². The van der Waals surface area contributed by atoms with Crippen LogP contribution >= 0.6 is 7.19 Å². The van der Waals surface area contributed by atoms with Gasteiger partial charge in [0.15, 0.2) is 7.19 Å². The lowest BCUT2D eigenvalue weighted by Crippen LogP contribution is -2.42. The van der Waals surface area contributed by atoms with Crippen molar-refractivity contribution in [2.75, 3.05) is 62.4 Å². The number of benzene rings is 3. The van der Waals surface area contributed by atoms with E-state index < -0.39 is 23.3 Å². The molecule has 13 nitrogen and oxygen atoms in total. The van der Waals surface area contributed by atoms with Crippen LogP contribution in [-0.4, -0.2) is 83.2 Å². The number of anilines is 3. The summed E-state index contributed by atoms with van der Waals surface area (Å²) in [7, 11) is -2.95. The molecule has 1 amide bonds. The molecule has 2 aliphatic rings. The molecular weight excluding hydrogens is 629 g/mol. The Morgan fingerprint density at radius 3 is 2.61 bits per heavy atom. The molecule has 3 aromatic rings. The summed E-state index contributed by atoms with van der Waals surface area (Å²) in [5.74, 6) is -0.494. The number of carbonyl (C=O) groups excluding carboxylic acids is 1. The van der Waals surface area contributed by atoms with Crippen LogP contribution in [0.1, 0.15) is 35.4 Å². The van der Waals surface area contributed by atoms with E-state index in [0.29, 0.717) is 28.6 Å². The van der Waals surface area contributed by atoms with Crippen molar-refractivity contribution in [3.05, 3.63) is 69.0 Å². The summed E-state index contributed by atoms with van der Waals surface area (Å²) in [6, 6.07) is 12.1. The van der Waals surface area contributed by atoms with Gasteiger partial charge >= 0.3 is 0 Å². The topological polar surface area (TPSA) is 187 Å². The predicted octanol–water partition coefficient (Wildman–Crippen LogP) is 3.86. The van der Waals surface area contributed by atoms with Crippen LogP contribution in [0.4, 0.5) is 17.1 Å². The van der Waals surface area contributed by atoms with Crippen molar-refractivity contribution in [3.63, 3.8) is 0 Å². The van der Waals surface area contributed by atoms with E-state index in [1.165, 1.54) is 17.7 Å². The lowest BCUT2D eigenvalue weighted by Gasteiger charge is -2.22. The van der Waals surface area contributed by atoms with Crippen molar-refractivity contribution in [3.8, 4) is 0 Å². The van der Waals surface area contributed by atoms with Gasteiger partial charge in [0.1, 0.15) is 6.04 Å². The molecule has 246 valence electrons. The number of amides is 1.